The molecule has 0 radical (unpaired) electrons. The monoisotopic (exact) mass is 329 g/mol. The average molecular weight is 329 g/mol. The van der Waals surface area contributed by atoms with Gasteiger partial charge >= 0.3 is 11.9 Å². The number of Topliss-reactive ketones (excluding diaryl/α,β-unsaturated/α-hetero) is 1. The summed E-state index contributed by atoms with van der Waals surface area (Å²) in [6.45, 7) is 0. The third-order valence-corrected chi connectivity index (χ3v) is 3.89. The number of nitrogens with zero attached hydrogens (tertiary/aromatic N) is 1. The van der Waals surface area contributed by atoms with Crippen molar-refractivity contribution >= 4 is 17.7 Å². The Morgan fingerprint density at radius 3 is 2.29 bits per heavy atom. The number of ketones is 1. The van der Waals surface area contributed by atoms with Crippen LogP contribution in [0, 0.1) is 5.92 Å². The summed E-state index contributed by atoms with van der Waals surface area (Å²) in [4.78, 5) is 39.1. The predicted molar refractivity (Wildman–Crippen MR) is 87.1 cm³/mol. The maximum atomic E-state index is 13.0. The van der Waals surface area contributed by atoms with Gasteiger partial charge in [0.25, 0.3) is 0 Å². The van der Waals surface area contributed by atoms with Gasteiger partial charge in [-0.15, -0.1) is 0 Å². The second kappa shape index (κ2) is 7.59. The fourth-order valence-corrected chi connectivity index (χ4v) is 2.69. The van der Waals surface area contributed by atoms with Crippen molar-refractivity contribution in [2.24, 2.45) is 5.92 Å². The van der Waals surface area contributed by atoms with Gasteiger partial charge in [0.15, 0.2) is 5.78 Å². The molecule has 0 saturated carbocycles. The maximum Gasteiger partial charge on any atom is 0.334 e. The number of methoxy groups -OCH3 is 2. The van der Waals surface area contributed by atoms with Gasteiger partial charge in [-0.1, -0.05) is 30.3 Å². The first-order valence-electron chi connectivity index (χ1n) is 7.37. The molecule has 24 heavy (non-hydrogen) atoms. The summed E-state index contributed by atoms with van der Waals surface area (Å²) in [5.41, 5.74) is 0.530. The van der Waals surface area contributed by atoms with Crippen LogP contribution < -0.4 is 0 Å². The number of carbonyl (C=O) groups excluding carboxylic acids is 3. The Kier molecular flexibility index (Phi) is 5.52. The minimum atomic E-state index is -1.09. The minimum absolute atomic E-state index is 0.0826. The first-order valence-corrected chi connectivity index (χ1v) is 7.37. The van der Waals surface area contributed by atoms with Gasteiger partial charge in [-0.25, -0.2) is 4.79 Å². The number of rotatable bonds is 4. The first kappa shape index (κ1) is 17.5. The van der Waals surface area contributed by atoms with Crippen LogP contribution in [0.4, 0.5) is 0 Å². The Hall–Kier alpha value is -2.89. The molecule has 126 valence electrons. The number of esters is 2. The third-order valence-electron chi connectivity index (χ3n) is 3.89. The number of benzene rings is 1. The van der Waals surface area contributed by atoms with E-state index >= 15 is 0 Å². The summed E-state index contributed by atoms with van der Waals surface area (Å²) in [5, 5.41) is 0. The van der Waals surface area contributed by atoms with Crippen LogP contribution >= 0.6 is 0 Å². The lowest BCUT2D eigenvalue weighted by molar-refractivity contribution is -0.148. The molecule has 1 aromatic rings. The van der Waals surface area contributed by atoms with Gasteiger partial charge in [0.1, 0.15) is 12.0 Å². The summed E-state index contributed by atoms with van der Waals surface area (Å²) in [6, 6.07) is 7.70. The number of likely N-dealkylation sites (N-methyl/N-ethyl adjacent to an activating group) is 1. The lowest BCUT2D eigenvalue weighted by atomic mass is 9.85. The molecule has 6 heteroatoms. The van der Waals surface area contributed by atoms with Gasteiger partial charge in [0.05, 0.1) is 19.8 Å². The van der Waals surface area contributed by atoms with E-state index < -0.39 is 23.9 Å². The highest BCUT2D eigenvalue weighted by Crippen LogP contribution is 2.27. The highest BCUT2D eigenvalue weighted by Gasteiger charge is 2.42. The molecule has 1 heterocycles. The molecule has 0 spiro atoms. The summed E-state index contributed by atoms with van der Waals surface area (Å²) in [6.07, 6.45) is 4.71. The standard InChI is InChI=1S/C18H19NO5/c1-19-11-7-10-13(17(21)23-2)14(18(22)24-3)15(19)16(20)12-8-5-4-6-9-12/h4-11,14-15H,1-3H3/t14-,15-/m0/s1. The smallest absolute Gasteiger partial charge is 0.334 e. The van der Waals surface area contributed by atoms with Crippen LogP contribution in [0.1, 0.15) is 10.4 Å². The number of ether oxygens (including phenoxy) is 2. The summed E-state index contributed by atoms with van der Waals surface area (Å²) in [5.74, 6) is -2.71. The number of hydrogen-bond donors (Lipinski definition) is 0. The van der Waals surface area contributed by atoms with Crippen molar-refractivity contribution in [1.82, 2.24) is 4.90 Å². The maximum absolute atomic E-state index is 13.0. The second-order valence-electron chi connectivity index (χ2n) is 5.30. The zero-order chi connectivity index (χ0) is 17.7. The van der Waals surface area contributed by atoms with Gasteiger partial charge in [-0.3, -0.25) is 9.59 Å². The molecular formula is C18H19NO5. The van der Waals surface area contributed by atoms with Crippen molar-refractivity contribution in [2.45, 2.75) is 6.04 Å². The van der Waals surface area contributed by atoms with E-state index in [1.165, 1.54) is 20.3 Å². The fourth-order valence-electron chi connectivity index (χ4n) is 2.69. The van der Waals surface area contributed by atoms with Gasteiger partial charge in [0, 0.05) is 12.6 Å². The normalized spacial score (nSPS) is 20.0. The molecule has 0 amide bonds. The Morgan fingerprint density at radius 2 is 1.71 bits per heavy atom. The van der Waals surface area contributed by atoms with Crippen LogP contribution in [-0.4, -0.2) is 49.9 Å². The van der Waals surface area contributed by atoms with E-state index in [9.17, 15) is 14.4 Å². The zero-order valence-electron chi connectivity index (χ0n) is 13.8. The second-order valence-corrected chi connectivity index (χ2v) is 5.30. The molecule has 1 aliphatic rings. The topological polar surface area (TPSA) is 72.9 Å². The van der Waals surface area contributed by atoms with E-state index in [1.54, 1.807) is 54.6 Å². The van der Waals surface area contributed by atoms with E-state index in [0.717, 1.165) is 0 Å². The molecule has 0 N–H and O–H groups in total. The Balaban J connectivity index is 2.53. The van der Waals surface area contributed by atoms with Gasteiger partial charge < -0.3 is 14.4 Å². The quantitative estimate of drug-likeness (QED) is 0.617. The first-order chi connectivity index (χ1) is 11.5. The van der Waals surface area contributed by atoms with E-state index in [0.29, 0.717) is 5.56 Å². The molecule has 1 aliphatic heterocycles. The van der Waals surface area contributed by atoms with Crippen molar-refractivity contribution in [3.8, 4) is 0 Å². The third kappa shape index (κ3) is 3.37. The van der Waals surface area contributed by atoms with Crippen molar-refractivity contribution < 1.29 is 23.9 Å². The predicted octanol–water partition coefficient (Wildman–Crippen LogP) is 1.59. The zero-order valence-corrected chi connectivity index (χ0v) is 13.8. The van der Waals surface area contributed by atoms with E-state index in [-0.39, 0.29) is 11.4 Å². The van der Waals surface area contributed by atoms with Gasteiger partial charge in [-0.2, -0.15) is 0 Å². The molecule has 0 aromatic heterocycles. The van der Waals surface area contributed by atoms with Crippen LogP contribution in [-0.2, 0) is 19.1 Å². The summed E-state index contributed by atoms with van der Waals surface area (Å²) < 4.78 is 9.60. The van der Waals surface area contributed by atoms with Crippen molar-refractivity contribution in [3.63, 3.8) is 0 Å². The van der Waals surface area contributed by atoms with Crippen LogP contribution in [0.3, 0.4) is 0 Å². The molecule has 0 bridgehead atoms. The lowest BCUT2D eigenvalue weighted by Crippen LogP contribution is -2.46. The molecule has 2 rings (SSSR count). The molecule has 2 atom stereocenters. The lowest BCUT2D eigenvalue weighted by Gasteiger charge is -2.30. The van der Waals surface area contributed by atoms with Crippen LogP contribution in [0.5, 0.6) is 0 Å². The highest BCUT2D eigenvalue weighted by atomic mass is 16.5. The average Bonchev–Trinajstić information content (AvgIpc) is 2.79. The fraction of sp³-hybridized carbons (Fsp3) is 0.278. The number of carbonyl (C=O) groups is 3. The van der Waals surface area contributed by atoms with Gasteiger partial charge in [0.2, 0.25) is 0 Å². The van der Waals surface area contributed by atoms with Crippen LogP contribution in [0.25, 0.3) is 0 Å². The molecule has 1 aromatic carbocycles. The van der Waals surface area contributed by atoms with Crippen LogP contribution in [0.15, 0.2) is 54.3 Å². The summed E-state index contributed by atoms with van der Waals surface area (Å²) >= 11 is 0. The van der Waals surface area contributed by atoms with Crippen molar-refractivity contribution in [3.05, 3.63) is 59.8 Å². The Bertz CT molecular complexity index is 693. The molecule has 0 unspecified atom stereocenters. The summed E-state index contributed by atoms with van der Waals surface area (Å²) in [7, 11) is 4.12. The largest absolute Gasteiger partial charge is 0.468 e. The SMILES string of the molecule is COC(=O)C1=CC=CN(C)[C@H](C(=O)c2ccccc2)[C@H]1C(=O)OC. The minimum Gasteiger partial charge on any atom is -0.468 e. The van der Waals surface area contributed by atoms with Gasteiger partial charge in [-0.05, 0) is 18.4 Å². The van der Waals surface area contributed by atoms with E-state index in [4.69, 9.17) is 9.47 Å². The molecule has 0 saturated heterocycles. The number of hydrogen-bond acceptors (Lipinski definition) is 6. The Morgan fingerprint density at radius 1 is 1.04 bits per heavy atom. The highest BCUT2D eigenvalue weighted by molar-refractivity contribution is 6.06. The van der Waals surface area contributed by atoms with Crippen LogP contribution in [0.2, 0.25) is 0 Å². The molecule has 0 aliphatic carbocycles. The van der Waals surface area contributed by atoms with E-state index in [1.807, 2.05) is 0 Å². The Labute approximate surface area is 140 Å². The number of allylic oxidation sites excluding steroid dienone is 2. The van der Waals surface area contributed by atoms with Crippen molar-refractivity contribution in [2.75, 3.05) is 21.3 Å². The van der Waals surface area contributed by atoms with E-state index in [2.05, 4.69) is 0 Å². The molecular weight excluding hydrogens is 310 g/mol. The molecule has 6 nitrogen and oxygen atoms in total. The van der Waals surface area contributed by atoms with Crippen molar-refractivity contribution in [1.29, 1.82) is 0 Å². The molecule has 0 fully saturated rings.